The van der Waals surface area contributed by atoms with Crippen LogP contribution < -0.4 is 10.2 Å². The molecule has 0 bridgehead atoms. The van der Waals surface area contributed by atoms with Crippen LogP contribution in [0.5, 0.6) is 0 Å². The van der Waals surface area contributed by atoms with Crippen molar-refractivity contribution in [3.8, 4) is 0 Å². The molecule has 0 saturated carbocycles. The van der Waals surface area contributed by atoms with Crippen LogP contribution in [0.3, 0.4) is 0 Å². The van der Waals surface area contributed by atoms with Crippen LogP contribution in [0.2, 0.25) is 0 Å². The second-order valence-corrected chi connectivity index (χ2v) is 5.00. The number of hydrogen-bond acceptors (Lipinski definition) is 3. The zero-order valence-electron chi connectivity index (χ0n) is 11.8. The minimum atomic E-state index is -0.248. The van der Waals surface area contributed by atoms with Gasteiger partial charge in [0.05, 0.1) is 12.1 Å². The van der Waals surface area contributed by atoms with Gasteiger partial charge in [0.2, 0.25) is 0 Å². The van der Waals surface area contributed by atoms with Gasteiger partial charge in [0.1, 0.15) is 0 Å². The second-order valence-electron chi connectivity index (χ2n) is 5.00. The smallest absolute Gasteiger partial charge is 0.0627 e. The third-order valence-electron chi connectivity index (χ3n) is 3.19. The molecule has 1 aromatic rings. The van der Waals surface area contributed by atoms with Gasteiger partial charge in [-0.15, -0.1) is 0 Å². The lowest BCUT2D eigenvalue weighted by Crippen LogP contribution is -2.54. The molecular formula is C15H26N2O. The molecule has 102 valence electrons. The molecule has 3 nitrogen and oxygen atoms in total. The normalized spacial score (nSPS) is 14.2. The molecule has 0 fully saturated rings. The number of aliphatic hydroxyl groups is 1. The standard InChI is InChI=1S/C15H26N2O/c1-4-11-16-15(3,13-18)12-17(5-2)14-9-7-6-8-10-14/h6-10,16,18H,4-5,11-13H2,1-3H3. The Balaban J connectivity index is 2.71. The maximum absolute atomic E-state index is 9.61. The van der Waals surface area contributed by atoms with Crippen molar-refractivity contribution in [1.29, 1.82) is 0 Å². The van der Waals surface area contributed by atoms with Crippen molar-refractivity contribution in [2.45, 2.75) is 32.7 Å². The van der Waals surface area contributed by atoms with Gasteiger partial charge in [-0.3, -0.25) is 0 Å². The van der Waals surface area contributed by atoms with Gasteiger partial charge < -0.3 is 15.3 Å². The lowest BCUT2D eigenvalue weighted by Gasteiger charge is -2.36. The summed E-state index contributed by atoms with van der Waals surface area (Å²) in [5.74, 6) is 0. The van der Waals surface area contributed by atoms with E-state index >= 15 is 0 Å². The first-order chi connectivity index (χ1) is 8.65. The van der Waals surface area contributed by atoms with Crippen molar-refractivity contribution in [2.24, 2.45) is 0 Å². The average Bonchev–Trinajstić information content (AvgIpc) is 2.43. The first-order valence-corrected chi connectivity index (χ1v) is 6.81. The Morgan fingerprint density at radius 1 is 1.22 bits per heavy atom. The molecule has 0 aliphatic rings. The molecule has 1 rings (SSSR count). The molecule has 1 atom stereocenters. The van der Waals surface area contributed by atoms with Crippen molar-refractivity contribution < 1.29 is 5.11 Å². The molecule has 1 unspecified atom stereocenters. The number of anilines is 1. The van der Waals surface area contributed by atoms with Crippen molar-refractivity contribution in [3.05, 3.63) is 30.3 Å². The number of hydrogen-bond donors (Lipinski definition) is 2. The molecule has 1 aromatic carbocycles. The third kappa shape index (κ3) is 4.31. The van der Waals surface area contributed by atoms with E-state index in [2.05, 4.69) is 43.1 Å². The molecule has 0 heterocycles. The van der Waals surface area contributed by atoms with Crippen LogP contribution in [0.15, 0.2) is 30.3 Å². The van der Waals surface area contributed by atoms with Crippen molar-refractivity contribution in [3.63, 3.8) is 0 Å². The van der Waals surface area contributed by atoms with E-state index in [1.165, 1.54) is 5.69 Å². The highest BCUT2D eigenvalue weighted by Crippen LogP contribution is 2.16. The van der Waals surface area contributed by atoms with Crippen molar-refractivity contribution >= 4 is 5.69 Å². The molecule has 0 aliphatic heterocycles. The summed E-state index contributed by atoms with van der Waals surface area (Å²) in [6.07, 6.45) is 1.08. The van der Waals surface area contributed by atoms with Crippen LogP contribution in [0, 0.1) is 0 Å². The Morgan fingerprint density at radius 3 is 2.39 bits per heavy atom. The summed E-state index contributed by atoms with van der Waals surface area (Å²) < 4.78 is 0. The van der Waals surface area contributed by atoms with Crippen LogP contribution in [0.25, 0.3) is 0 Å². The summed E-state index contributed by atoms with van der Waals surface area (Å²) in [7, 11) is 0. The van der Waals surface area contributed by atoms with E-state index in [0.29, 0.717) is 0 Å². The van der Waals surface area contributed by atoms with Crippen LogP contribution >= 0.6 is 0 Å². The molecular weight excluding hydrogens is 224 g/mol. The summed E-state index contributed by atoms with van der Waals surface area (Å²) >= 11 is 0. The quantitative estimate of drug-likeness (QED) is 0.743. The lowest BCUT2D eigenvalue weighted by atomic mass is 10.0. The monoisotopic (exact) mass is 250 g/mol. The van der Waals surface area contributed by atoms with E-state index in [9.17, 15) is 5.11 Å². The topological polar surface area (TPSA) is 35.5 Å². The summed E-state index contributed by atoms with van der Waals surface area (Å²) in [5.41, 5.74) is 0.958. The van der Waals surface area contributed by atoms with E-state index in [1.807, 2.05) is 18.2 Å². The predicted octanol–water partition coefficient (Wildman–Crippen LogP) is 2.26. The SMILES string of the molecule is CCCNC(C)(CO)CN(CC)c1ccccc1. The number of rotatable bonds is 8. The summed E-state index contributed by atoms with van der Waals surface area (Å²) in [6, 6.07) is 10.3. The minimum absolute atomic E-state index is 0.149. The lowest BCUT2D eigenvalue weighted by molar-refractivity contribution is 0.178. The highest BCUT2D eigenvalue weighted by molar-refractivity contribution is 5.46. The Labute approximate surface area is 111 Å². The Hall–Kier alpha value is -1.06. The fourth-order valence-corrected chi connectivity index (χ4v) is 2.03. The first kappa shape index (κ1) is 15.0. The number of likely N-dealkylation sites (N-methyl/N-ethyl adjacent to an activating group) is 1. The van der Waals surface area contributed by atoms with Gasteiger partial charge in [0.25, 0.3) is 0 Å². The highest BCUT2D eigenvalue weighted by atomic mass is 16.3. The Kier molecular flexibility index (Phi) is 6.16. The molecule has 2 N–H and O–H groups in total. The fourth-order valence-electron chi connectivity index (χ4n) is 2.03. The maximum atomic E-state index is 9.61. The molecule has 18 heavy (non-hydrogen) atoms. The van der Waals surface area contributed by atoms with E-state index in [-0.39, 0.29) is 12.1 Å². The van der Waals surface area contributed by atoms with Crippen molar-refractivity contribution in [2.75, 3.05) is 31.1 Å². The van der Waals surface area contributed by atoms with E-state index in [1.54, 1.807) is 0 Å². The highest BCUT2D eigenvalue weighted by Gasteiger charge is 2.25. The first-order valence-electron chi connectivity index (χ1n) is 6.81. The van der Waals surface area contributed by atoms with Gasteiger partial charge in [0, 0.05) is 18.8 Å². The summed E-state index contributed by atoms with van der Waals surface area (Å²) in [6.45, 7) is 9.19. The van der Waals surface area contributed by atoms with E-state index < -0.39 is 0 Å². The second kappa shape index (κ2) is 7.39. The summed E-state index contributed by atoms with van der Waals surface area (Å²) in [4.78, 5) is 2.29. The van der Waals surface area contributed by atoms with E-state index in [4.69, 9.17) is 0 Å². The van der Waals surface area contributed by atoms with Gasteiger partial charge >= 0.3 is 0 Å². The zero-order chi connectivity index (χ0) is 13.4. The van der Waals surface area contributed by atoms with Crippen LogP contribution in [0.4, 0.5) is 5.69 Å². The largest absolute Gasteiger partial charge is 0.394 e. The van der Waals surface area contributed by atoms with Gasteiger partial charge in [-0.25, -0.2) is 0 Å². The van der Waals surface area contributed by atoms with Gasteiger partial charge in [-0.05, 0) is 38.9 Å². The molecule has 0 aromatic heterocycles. The molecule has 0 saturated heterocycles. The molecule has 0 amide bonds. The number of para-hydroxylation sites is 1. The average molecular weight is 250 g/mol. The molecule has 3 heteroatoms. The van der Waals surface area contributed by atoms with Gasteiger partial charge in [-0.1, -0.05) is 25.1 Å². The Morgan fingerprint density at radius 2 is 1.89 bits per heavy atom. The number of aliphatic hydroxyl groups excluding tert-OH is 1. The Bertz CT molecular complexity index is 329. The van der Waals surface area contributed by atoms with Gasteiger partial charge in [-0.2, -0.15) is 0 Å². The van der Waals surface area contributed by atoms with Crippen LogP contribution in [-0.4, -0.2) is 36.9 Å². The van der Waals surface area contributed by atoms with Gasteiger partial charge in [0.15, 0.2) is 0 Å². The zero-order valence-corrected chi connectivity index (χ0v) is 11.8. The maximum Gasteiger partial charge on any atom is 0.0627 e. The number of nitrogens with one attached hydrogen (secondary N) is 1. The molecule has 0 aliphatic carbocycles. The number of benzene rings is 1. The number of nitrogens with zero attached hydrogens (tertiary/aromatic N) is 1. The molecule has 0 spiro atoms. The van der Waals surface area contributed by atoms with Crippen LogP contribution in [0.1, 0.15) is 27.2 Å². The predicted molar refractivity (Wildman–Crippen MR) is 78.1 cm³/mol. The fraction of sp³-hybridized carbons (Fsp3) is 0.600. The minimum Gasteiger partial charge on any atom is -0.394 e. The van der Waals surface area contributed by atoms with E-state index in [0.717, 1.165) is 26.1 Å². The van der Waals surface area contributed by atoms with Crippen molar-refractivity contribution in [1.82, 2.24) is 5.32 Å². The third-order valence-corrected chi connectivity index (χ3v) is 3.19. The molecule has 0 radical (unpaired) electrons. The summed E-state index contributed by atoms with van der Waals surface area (Å²) in [5, 5.41) is 13.1. The van der Waals surface area contributed by atoms with Crippen LogP contribution in [-0.2, 0) is 0 Å².